The lowest BCUT2D eigenvalue weighted by Gasteiger charge is -2.43. The normalized spacial score (nSPS) is 24.7. The SMILES string of the molecule is CC(NC(=O)[C@@H]1C[C@@H](O)CN1C(=O)[C@@H](c1cc(N2CCC(CN3CCC(OC4CC(Oc5cc(N6C7CC[C@@H]6CN(c6cc(-c8ccccc8O)nnc6N)C7)ccn5)C4)CC3)CC2)no1)C(C)C)c1ccc(C#N)c(F)c1. The summed E-state index contributed by atoms with van der Waals surface area (Å²) >= 11 is 0. The number of anilines is 4. The highest BCUT2D eigenvalue weighted by Crippen LogP contribution is 2.41. The number of nitrogens with zero attached hydrogens (tertiary/aromatic N) is 10. The molecule has 6 aliphatic rings. The van der Waals surface area contributed by atoms with Gasteiger partial charge in [-0.3, -0.25) is 9.59 Å². The first kappa shape index (κ1) is 52.9. The van der Waals surface area contributed by atoms with Gasteiger partial charge in [0.25, 0.3) is 0 Å². The standard InChI is InChI=1S/C58H71FN12O7/c1-34(2)55(58(75)70-33-42(72)24-50(70)57(74)63-35(3)37-8-9-38(29-60)47(59)22-37)52-28-53(66-78-52)68-20-13-36(14-21-68)30-67-18-15-43(16-19-67)76-44-25-45(26-44)77-54-23-39(12-17-62-54)71-40-10-11-41(71)32-69(31-40)49-27-48(64-65-56(49)61)46-6-4-5-7-51(46)73/h4-9,12,17,22-23,27-28,34-36,40-45,50,55,72-73H,10-11,13-16,18-21,24-26,30-33H2,1-3H3,(H2,61,65)(H,63,74)/t35?,40-,41?,42-,44?,45?,50+,55-/m1/s1. The number of nitrogens with one attached hydrogen (secondary N) is 1. The van der Waals surface area contributed by atoms with Gasteiger partial charge in [0.2, 0.25) is 17.7 Å². The van der Waals surface area contributed by atoms with Crippen molar-refractivity contribution in [2.75, 3.05) is 72.8 Å². The number of aromatic nitrogens is 4. The Morgan fingerprint density at radius 2 is 1.64 bits per heavy atom. The van der Waals surface area contributed by atoms with Gasteiger partial charge in [-0.1, -0.05) is 37.2 Å². The van der Waals surface area contributed by atoms with Gasteiger partial charge < -0.3 is 59.8 Å². The lowest BCUT2D eigenvalue weighted by molar-refractivity contribution is -0.141. The van der Waals surface area contributed by atoms with E-state index in [4.69, 9.17) is 25.0 Å². The average Bonchev–Trinajstić information content (AvgIpc) is 4.23. The molecule has 0 radical (unpaired) electrons. The molecule has 78 heavy (non-hydrogen) atoms. The molecule has 11 rings (SSSR count). The number of hydrogen-bond acceptors (Lipinski definition) is 17. The number of carbonyl (C=O) groups excluding carboxylic acids is 2. The number of benzene rings is 2. The second-order valence-corrected chi connectivity index (χ2v) is 22.8. The van der Waals surface area contributed by atoms with E-state index < -0.39 is 35.8 Å². The number of β-amino-alcohol motifs (C(OH)–C–C–N with tert-alkyl or cyclic N) is 1. The number of aliphatic hydroxyl groups excluding tert-OH is 1. The van der Waals surface area contributed by atoms with Crippen LogP contribution in [0.25, 0.3) is 11.3 Å². The van der Waals surface area contributed by atoms with E-state index in [1.165, 1.54) is 17.0 Å². The molecular formula is C58H71FN12O7. The second-order valence-electron chi connectivity index (χ2n) is 22.8. The summed E-state index contributed by atoms with van der Waals surface area (Å²) in [5.41, 5.74) is 9.97. The Morgan fingerprint density at radius 3 is 2.36 bits per heavy atom. The maximum Gasteiger partial charge on any atom is 0.243 e. The predicted molar refractivity (Wildman–Crippen MR) is 290 cm³/mol. The number of piperidine rings is 2. The van der Waals surface area contributed by atoms with Crippen LogP contribution >= 0.6 is 0 Å². The van der Waals surface area contributed by atoms with Crippen molar-refractivity contribution in [3.8, 4) is 29.0 Å². The van der Waals surface area contributed by atoms with Crippen LogP contribution < -0.4 is 30.5 Å². The monoisotopic (exact) mass is 1070 g/mol. The van der Waals surface area contributed by atoms with Crippen molar-refractivity contribution in [1.82, 2.24) is 35.5 Å². The van der Waals surface area contributed by atoms with Crippen molar-refractivity contribution < 1.29 is 38.2 Å². The highest BCUT2D eigenvalue weighted by Gasteiger charge is 2.45. The number of likely N-dealkylation sites (tertiary alicyclic amines) is 2. The summed E-state index contributed by atoms with van der Waals surface area (Å²) < 4.78 is 33.3. The van der Waals surface area contributed by atoms with E-state index in [0.717, 1.165) is 109 Å². The van der Waals surface area contributed by atoms with Gasteiger partial charge in [0.05, 0.1) is 41.3 Å². The van der Waals surface area contributed by atoms with Gasteiger partial charge in [0.1, 0.15) is 35.7 Å². The van der Waals surface area contributed by atoms with Crippen LogP contribution in [-0.2, 0) is 14.3 Å². The van der Waals surface area contributed by atoms with Crippen LogP contribution in [0.3, 0.4) is 0 Å². The van der Waals surface area contributed by atoms with Crippen molar-refractivity contribution in [3.05, 3.63) is 95.6 Å². The maximum absolute atomic E-state index is 14.4. The molecule has 8 heterocycles. The van der Waals surface area contributed by atoms with Crippen LogP contribution in [0.2, 0.25) is 0 Å². The second kappa shape index (κ2) is 22.7. The summed E-state index contributed by atoms with van der Waals surface area (Å²) in [6, 6.07) is 20.2. The van der Waals surface area contributed by atoms with Gasteiger partial charge in [-0.25, -0.2) is 9.37 Å². The molecule has 6 atom stereocenters. The number of fused-ring (bicyclic) bond motifs is 2. The molecule has 19 nitrogen and oxygen atoms in total. The summed E-state index contributed by atoms with van der Waals surface area (Å²) in [5, 5.41) is 46.1. The lowest BCUT2D eigenvalue weighted by atomic mass is 9.91. The Kier molecular flexibility index (Phi) is 15.4. The van der Waals surface area contributed by atoms with E-state index in [1.54, 1.807) is 31.2 Å². The molecule has 5 saturated heterocycles. The number of aromatic hydroxyl groups is 1. The molecule has 5 N–H and O–H groups in total. The summed E-state index contributed by atoms with van der Waals surface area (Å²) in [7, 11) is 0. The summed E-state index contributed by atoms with van der Waals surface area (Å²) in [6.45, 7) is 11.9. The Hall–Kier alpha value is -7.08. The molecule has 2 bridgehead atoms. The van der Waals surface area contributed by atoms with Gasteiger partial charge in [-0.15, -0.1) is 10.2 Å². The maximum atomic E-state index is 14.4. The number of nitriles is 1. The smallest absolute Gasteiger partial charge is 0.243 e. The van der Waals surface area contributed by atoms with Crippen LogP contribution in [0.5, 0.6) is 11.6 Å². The number of piperazine rings is 1. The molecule has 5 aromatic rings. The lowest BCUT2D eigenvalue weighted by Crippen LogP contribution is -2.54. The van der Waals surface area contributed by atoms with Crippen molar-refractivity contribution in [1.29, 1.82) is 5.26 Å². The predicted octanol–water partition coefficient (Wildman–Crippen LogP) is 6.57. The summed E-state index contributed by atoms with van der Waals surface area (Å²) in [4.78, 5) is 43.6. The highest BCUT2D eigenvalue weighted by atomic mass is 19.1. The molecule has 2 amide bonds. The van der Waals surface area contributed by atoms with E-state index in [9.17, 15) is 24.2 Å². The van der Waals surface area contributed by atoms with Gasteiger partial charge in [0, 0.05) is 113 Å². The van der Waals surface area contributed by atoms with Crippen molar-refractivity contribution >= 4 is 34.8 Å². The first-order chi connectivity index (χ1) is 37.7. The third-order valence-corrected chi connectivity index (χ3v) is 17.1. The Bertz CT molecular complexity index is 2970. The first-order valence-electron chi connectivity index (χ1n) is 27.9. The Labute approximate surface area is 454 Å². The zero-order chi connectivity index (χ0) is 54.2. The highest BCUT2D eigenvalue weighted by molar-refractivity contribution is 5.91. The van der Waals surface area contributed by atoms with Gasteiger partial charge in [-0.2, -0.15) is 5.26 Å². The molecule has 3 aromatic heterocycles. The number of hydrogen-bond donors (Lipinski definition) is 4. The van der Waals surface area contributed by atoms with E-state index >= 15 is 0 Å². The number of nitrogen functional groups attached to an aromatic ring is 1. The minimum absolute atomic E-state index is 0.00369. The number of nitrogens with two attached hydrogens (primary N) is 1. The zero-order valence-electron chi connectivity index (χ0n) is 44.7. The number of phenolic OH excluding ortho intramolecular Hbond substituents is 1. The Balaban J connectivity index is 0.601. The van der Waals surface area contributed by atoms with Crippen LogP contribution in [0.1, 0.15) is 107 Å². The molecule has 5 aliphatic heterocycles. The van der Waals surface area contributed by atoms with E-state index in [-0.39, 0.29) is 54.4 Å². The number of halogens is 1. The van der Waals surface area contributed by atoms with Gasteiger partial charge in [0.15, 0.2) is 17.4 Å². The number of amides is 2. The average molecular weight is 1070 g/mol. The van der Waals surface area contributed by atoms with Crippen molar-refractivity contribution in [2.24, 2.45) is 11.8 Å². The van der Waals surface area contributed by atoms with Crippen molar-refractivity contribution in [3.63, 3.8) is 0 Å². The molecular weight excluding hydrogens is 996 g/mol. The fourth-order valence-electron chi connectivity index (χ4n) is 12.8. The molecule has 412 valence electrons. The minimum atomic E-state index is -0.922. The Morgan fingerprint density at radius 1 is 0.885 bits per heavy atom. The first-order valence-corrected chi connectivity index (χ1v) is 27.9. The third kappa shape index (κ3) is 11.3. The van der Waals surface area contributed by atoms with E-state index in [0.29, 0.717) is 58.1 Å². The number of pyridine rings is 1. The fourth-order valence-corrected chi connectivity index (χ4v) is 12.8. The van der Waals surface area contributed by atoms with Crippen LogP contribution in [0, 0.1) is 29.0 Å². The number of para-hydroxylation sites is 1. The van der Waals surface area contributed by atoms with Gasteiger partial charge in [-0.05, 0) is 99.2 Å². The fraction of sp³-hybridized carbons (Fsp3) is 0.534. The number of aliphatic hydroxyl groups is 1. The number of ether oxygens (including phenoxy) is 2. The molecule has 1 saturated carbocycles. The van der Waals surface area contributed by atoms with Crippen LogP contribution in [0.4, 0.5) is 27.4 Å². The molecule has 0 spiro atoms. The molecule has 2 aromatic carbocycles. The number of phenols is 1. The molecule has 1 aliphatic carbocycles. The van der Waals surface area contributed by atoms with E-state index in [2.05, 4.69) is 57.4 Å². The van der Waals surface area contributed by atoms with Gasteiger partial charge >= 0.3 is 0 Å². The quantitative estimate of drug-likeness (QED) is 0.0818. The third-order valence-electron chi connectivity index (χ3n) is 17.1. The molecule has 20 heteroatoms. The zero-order valence-corrected chi connectivity index (χ0v) is 44.7. The van der Waals surface area contributed by atoms with E-state index in [1.807, 2.05) is 44.3 Å². The molecule has 6 fully saturated rings. The van der Waals surface area contributed by atoms with Crippen LogP contribution in [0.15, 0.2) is 77.4 Å². The van der Waals surface area contributed by atoms with Crippen molar-refractivity contribution in [2.45, 2.75) is 133 Å². The molecule has 2 unspecified atom stereocenters. The number of carbonyl (C=O) groups is 2. The van der Waals surface area contributed by atoms with Crippen LogP contribution in [-0.4, -0.2) is 147 Å². The largest absolute Gasteiger partial charge is 0.507 e. The topological polar surface area (TPSA) is 236 Å². The number of rotatable bonds is 16. The minimum Gasteiger partial charge on any atom is -0.507 e. The summed E-state index contributed by atoms with van der Waals surface area (Å²) in [6.07, 6.45) is 9.48. The summed E-state index contributed by atoms with van der Waals surface area (Å²) in [5.74, 6) is 0.528.